The molecule has 0 unspecified atom stereocenters. The summed E-state index contributed by atoms with van der Waals surface area (Å²) >= 11 is 4.81. The predicted octanol–water partition coefficient (Wildman–Crippen LogP) is 3.07. The molecule has 0 heterocycles. The van der Waals surface area contributed by atoms with Crippen LogP contribution in [-0.2, 0) is 23.3 Å². The molecule has 0 bridgehead atoms. The first-order valence-electron chi connectivity index (χ1n) is 2.87. The van der Waals surface area contributed by atoms with Gasteiger partial charge in [-0.3, -0.25) is 0 Å². The third-order valence-corrected chi connectivity index (χ3v) is 3.13. The van der Waals surface area contributed by atoms with Crippen LogP contribution in [0, 0.1) is 0 Å². The van der Waals surface area contributed by atoms with Gasteiger partial charge in [-0.15, -0.1) is 17.0 Å². The molecule has 0 fully saturated rings. The second-order valence-electron chi connectivity index (χ2n) is 1.84. The summed E-state index contributed by atoms with van der Waals surface area (Å²) in [6.45, 7) is 0. The summed E-state index contributed by atoms with van der Waals surface area (Å²) in [5, 5.41) is 1.22. The molecule has 0 saturated carbocycles. The summed E-state index contributed by atoms with van der Waals surface area (Å²) in [6, 6.07) is 8.37. The van der Waals surface area contributed by atoms with Crippen molar-refractivity contribution in [2.45, 2.75) is 5.02 Å². The molecule has 0 radical (unpaired) electrons. The van der Waals surface area contributed by atoms with Crippen molar-refractivity contribution in [3.63, 3.8) is 0 Å². The molecule has 0 spiro atoms. The minimum atomic E-state index is 0. The Labute approximate surface area is 90.0 Å². The fraction of sp³-hybridized carbons (Fsp3) is 0.143. The number of hydrogen-bond donors (Lipinski definition) is 0. The van der Waals surface area contributed by atoms with E-state index in [1.165, 1.54) is 33.4 Å². The summed E-state index contributed by atoms with van der Waals surface area (Å²) in [5.74, 6) is 0. The van der Waals surface area contributed by atoms with Gasteiger partial charge in [0.15, 0.2) is 0 Å². The fourth-order valence-electron chi connectivity index (χ4n) is 0.701. The van der Waals surface area contributed by atoms with Crippen molar-refractivity contribution in [3.8, 4) is 0 Å². The van der Waals surface area contributed by atoms with Gasteiger partial charge in [-0.2, -0.15) is 0 Å². The normalized spacial score (nSPS) is 8.70. The molecule has 0 N–H and O–H groups in total. The molecule has 10 heavy (non-hydrogen) atoms. The summed E-state index contributed by atoms with van der Waals surface area (Å²) in [4.78, 5) is 0. The van der Waals surface area contributed by atoms with Crippen molar-refractivity contribution < 1.29 is 18.3 Å². The molecule has 0 aliphatic rings. The Morgan fingerprint density at radius 1 is 1.30 bits per heavy atom. The van der Waals surface area contributed by atoms with Crippen LogP contribution in [0.15, 0.2) is 28.7 Å². The van der Waals surface area contributed by atoms with E-state index in [9.17, 15) is 0 Å². The van der Waals surface area contributed by atoms with Gasteiger partial charge in [-0.25, -0.2) is 0 Å². The van der Waals surface area contributed by atoms with Gasteiger partial charge >= 0.3 is 73.5 Å². The molecule has 0 saturated heterocycles. The Bertz CT molecular complexity index is 201. The second kappa shape index (κ2) is 5.45. The van der Waals surface area contributed by atoms with Gasteiger partial charge in [0.05, 0.1) is 0 Å². The van der Waals surface area contributed by atoms with Crippen molar-refractivity contribution in [1.29, 1.82) is 0 Å². The van der Waals surface area contributed by atoms with Crippen molar-refractivity contribution >= 4 is 32.9 Å². The molecular formula is C7H7Br2Zn. The van der Waals surface area contributed by atoms with E-state index in [1.54, 1.807) is 0 Å². The van der Waals surface area contributed by atoms with E-state index in [-0.39, 0.29) is 17.0 Å². The van der Waals surface area contributed by atoms with Gasteiger partial charge in [0.25, 0.3) is 0 Å². The topological polar surface area (TPSA) is 0 Å². The number of halogens is 2. The molecule has 1 aromatic rings. The minimum absolute atomic E-state index is 0. The van der Waals surface area contributed by atoms with Crippen molar-refractivity contribution in [2.24, 2.45) is 0 Å². The molecule has 0 aromatic heterocycles. The Kier molecular flexibility index (Phi) is 5.89. The Balaban J connectivity index is 0.000000810. The zero-order valence-electron chi connectivity index (χ0n) is 5.51. The monoisotopic (exact) mass is 313 g/mol. The van der Waals surface area contributed by atoms with E-state index in [4.69, 9.17) is 0 Å². The fourth-order valence-corrected chi connectivity index (χ4v) is 2.87. The van der Waals surface area contributed by atoms with Crippen LogP contribution in [0.3, 0.4) is 0 Å². The molecule has 3 heteroatoms. The van der Waals surface area contributed by atoms with Gasteiger partial charge in [0.2, 0.25) is 0 Å². The summed E-state index contributed by atoms with van der Waals surface area (Å²) in [7, 11) is 0. The first-order chi connectivity index (χ1) is 4.34. The van der Waals surface area contributed by atoms with E-state index < -0.39 is 0 Å². The average Bonchev–Trinajstić information content (AvgIpc) is 1.89. The van der Waals surface area contributed by atoms with Gasteiger partial charge in [-0.1, -0.05) is 0 Å². The Morgan fingerprint density at radius 2 is 1.90 bits per heavy atom. The first-order valence-corrected chi connectivity index (χ1v) is 5.76. The average molecular weight is 316 g/mol. The molecule has 0 atom stereocenters. The van der Waals surface area contributed by atoms with Crippen LogP contribution >= 0.6 is 32.9 Å². The van der Waals surface area contributed by atoms with E-state index in [0.29, 0.717) is 0 Å². The van der Waals surface area contributed by atoms with E-state index in [1.807, 2.05) is 6.07 Å². The molecule has 0 aliphatic heterocycles. The molecule has 1 rings (SSSR count). The molecule has 1 aromatic carbocycles. The van der Waals surface area contributed by atoms with Gasteiger partial charge < -0.3 is 0 Å². The third-order valence-electron chi connectivity index (χ3n) is 1.23. The van der Waals surface area contributed by atoms with E-state index in [0.717, 1.165) is 0 Å². The maximum absolute atomic E-state index is 3.48. The van der Waals surface area contributed by atoms with E-state index in [2.05, 4.69) is 34.1 Å². The maximum atomic E-state index is 3.48. The molecule has 0 amide bonds. The van der Waals surface area contributed by atoms with Gasteiger partial charge in [0.1, 0.15) is 0 Å². The van der Waals surface area contributed by atoms with Crippen LogP contribution < -0.4 is 0 Å². The van der Waals surface area contributed by atoms with Crippen LogP contribution in [0.5, 0.6) is 0 Å². The van der Waals surface area contributed by atoms with Crippen LogP contribution in [0.1, 0.15) is 5.56 Å². The SMILES string of the molecule is Br.[Zn][CH2]c1ccccc1Br. The molecule has 51 valence electrons. The first kappa shape index (κ1) is 10.8. The standard InChI is InChI=1S/C7H6Br.BrH.Zn/c1-6-4-2-3-5-7(6)8;;/h2-5H,1H2;1H;. The third kappa shape index (κ3) is 2.81. The number of rotatable bonds is 1. The molecule has 0 aliphatic carbocycles. The van der Waals surface area contributed by atoms with Crippen LogP contribution in [0.2, 0.25) is 0 Å². The van der Waals surface area contributed by atoms with E-state index >= 15 is 0 Å². The second-order valence-corrected chi connectivity index (χ2v) is 3.74. The zero-order valence-corrected chi connectivity index (χ0v) is 11.8. The van der Waals surface area contributed by atoms with Gasteiger partial charge in [-0.05, 0) is 0 Å². The van der Waals surface area contributed by atoms with Crippen molar-refractivity contribution in [1.82, 2.24) is 0 Å². The molecular weight excluding hydrogens is 309 g/mol. The van der Waals surface area contributed by atoms with Crippen LogP contribution in [0.25, 0.3) is 0 Å². The zero-order chi connectivity index (χ0) is 6.69. The summed E-state index contributed by atoms with van der Waals surface area (Å²) in [5.41, 5.74) is 1.43. The quantitative estimate of drug-likeness (QED) is 0.699. The van der Waals surface area contributed by atoms with Crippen molar-refractivity contribution in [2.75, 3.05) is 0 Å². The molecule has 0 nitrogen and oxygen atoms in total. The number of benzene rings is 1. The van der Waals surface area contributed by atoms with Crippen LogP contribution in [-0.4, -0.2) is 0 Å². The summed E-state index contributed by atoms with van der Waals surface area (Å²) < 4.78 is 1.25. The van der Waals surface area contributed by atoms with Crippen molar-refractivity contribution in [3.05, 3.63) is 34.3 Å². The predicted molar refractivity (Wildman–Crippen MR) is 48.2 cm³/mol. The summed E-state index contributed by atoms with van der Waals surface area (Å²) in [6.07, 6.45) is 0. The van der Waals surface area contributed by atoms with Gasteiger partial charge in [0, 0.05) is 0 Å². The Morgan fingerprint density at radius 3 is 2.30 bits per heavy atom. The Hall–Kier alpha value is 0.803. The van der Waals surface area contributed by atoms with Crippen LogP contribution in [0.4, 0.5) is 0 Å². The number of hydrogen-bond acceptors (Lipinski definition) is 0.